The molecule has 5 heteroatoms. The quantitative estimate of drug-likeness (QED) is 0.731. The first-order valence-corrected chi connectivity index (χ1v) is 10.2. The second-order valence-electron chi connectivity index (χ2n) is 8.01. The summed E-state index contributed by atoms with van der Waals surface area (Å²) >= 11 is 0. The number of nitrogens with zero attached hydrogens (tertiary/aromatic N) is 2. The van der Waals surface area contributed by atoms with E-state index in [0.717, 1.165) is 23.5 Å². The van der Waals surface area contributed by atoms with Gasteiger partial charge in [-0.05, 0) is 37.7 Å². The second-order valence-corrected chi connectivity index (χ2v) is 8.01. The Kier molecular flexibility index (Phi) is 5.81. The van der Waals surface area contributed by atoms with Gasteiger partial charge in [0, 0.05) is 42.1 Å². The molecular formula is C22H29N3O2. The minimum atomic E-state index is -0.450. The van der Waals surface area contributed by atoms with Crippen molar-refractivity contribution in [1.82, 2.24) is 15.3 Å². The van der Waals surface area contributed by atoms with Crippen LogP contribution < -0.4 is 5.32 Å². The van der Waals surface area contributed by atoms with Crippen LogP contribution in [0.3, 0.4) is 0 Å². The van der Waals surface area contributed by atoms with Crippen LogP contribution in [-0.2, 0) is 6.42 Å². The van der Waals surface area contributed by atoms with Gasteiger partial charge in [0.1, 0.15) is 0 Å². The Labute approximate surface area is 160 Å². The largest absolute Gasteiger partial charge is 0.396 e. The van der Waals surface area contributed by atoms with E-state index in [1.54, 1.807) is 0 Å². The molecule has 4 unspecified atom stereocenters. The van der Waals surface area contributed by atoms with E-state index < -0.39 is 6.10 Å². The Morgan fingerprint density at radius 2 is 1.81 bits per heavy atom. The van der Waals surface area contributed by atoms with E-state index in [9.17, 15) is 10.2 Å². The van der Waals surface area contributed by atoms with E-state index >= 15 is 0 Å². The van der Waals surface area contributed by atoms with Gasteiger partial charge in [-0.1, -0.05) is 43.2 Å². The zero-order valence-electron chi connectivity index (χ0n) is 15.7. The summed E-state index contributed by atoms with van der Waals surface area (Å²) in [5, 5.41) is 24.1. The highest BCUT2D eigenvalue weighted by Crippen LogP contribution is 2.36. The van der Waals surface area contributed by atoms with Gasteiger partial charge in [0.05, 0.1) is 6.10 Å². The number of hydrogen-bond acceptors (Lipinski definition) is 5. The highest BCUT2D eigenvalue weighted by atomic mass is 16.3. The Morgan fingerprint density at radius 3 is 2.56 bits per heavy atom. The first-order valence-electron chi connectivity index (χ1n) is 10.2. The highest BCUT2D eigenvalue weighted by Gasteiger charge is 2.43. The number of aliphatic hydroxyl groups is 2. The van der Waals surface area contributed by atoms with Crippen LogP contribution in [0.5, 0.6) is 0 Å². The topological polar surface area (TPSA) is 78.3 Å². The molecule has 4 atom stereocenters. The molecule has 0 aliphatic heterocycles. The Morgan fingerprint density at radius 1 is 1.04 bits per heavy atom. The second kappa shape index (κ2) is 8.46. The maximum Gasteiger partial charge on any atom is 0.159 e. The van der Waals surface area contributed by atoms with E-state index in [1.165, 1.54) is 25.7 Å². The zero-order valence-corrected chi connectivity index (χ0v) is 15.7. The molecule has 1 aromatic heterocycles. The van der Waals surface area contributed by atoms with Crippen molar-refractivity contribution < 1.29 is 10.2 Å². The molecule has 0 spiro atoms. The van der Waals surface area contributed by atoms with Crippen molar-refractivity contribution in [2.24, 2.45) is 11.8 Å². The molecule has 2 saturated carbocycles. The Balaban J connectivity index is 1.53. The molecule has 5 nitrogen and oxygen atoms in total. The van der Waals surface area contributed by atoms with Gasteiger partial charge in [-0.3, -0.25) is 0 Å². The molecule has 1 aromatic carbocycles. The van der Waals surface area contributed by atoms with Gasteiger partial charge in [-0.25, -0.2) is 9.97 Å². The van der Waals surface area contributed by atoms with Crippen LogP contribution >= 0.6 is 0 Å². The average Bonchev–Trinajstić information content (AvgIpc) is 3.31. The van der Waals surface area contributed by atoms with Gasteiger partial charge in [-0.2, -0.15) is 0 Å². The molecule has 2 fully saturated rings. The number of nitrogens with one attached hydrogen (secondary N) is 1. The summed E-state index contributed by atoms with van der Waals surface area (Å²) in [5.74, 6) is 0.815. The van der Waals surface area contributed by atoms with Gasteiger partial charge in [0.15, 0.2) is 5.82 Å². The van der Waals surface area contributed by atoms with E-state index in [2.05, 4.69) is 10.3 Å². The normalized spacial score (nSPS) is 28.7. The predicted molar refractivity (Wildman–Crippen MR) is 105 cm³/mol. The number of hydrogen-bond donors (Lipinski definition) is 3. The molecule has 0 amide bonds. The molecule has 3 N–H and O–H groups in total. The summed E-state index contributed by atoms with van der Waals surface area (Å²) in [7, 11) is 0. The van der Waals surface area contributed by atoms with E-state index in [4.69, 9.17) is 4.98 Å². The molecule has 0 saturated heterocycles. The van der Waals surface area contributed by atoms with Crippen LogP contribution in [0.2, 0.25) is 0 Å². The van der Waals surface area contributed by atoms with Crippen LogP contribution in [0.15, 0.2) is 42.6 Å². The molecule has 2 aromatic rings. The van der Waals surface area contributed by atoms with Crippen LogP contribution in [-0.4, -0.2) is 45.0 Å². The highest BCUT2D eigenvalue weighted by molar-refractivity contribution is 5.54. The van der Waals surface area contributed by atoms with E-state index in [-0.39, 0.29) is 24.5 Å². The molecule has 144 valence electrons. The van der Waals surface area contributed by atoms with E-state index in [0.29, 0.717) is 12.5 Å². The fourth-order valence-corrected chi connectivity index (χ4v) is 4.81. The molecule has 0 radical (unpaired) electrons. The lowest BCUT2D eigenvalue weighted by atomic mass is 9.88. The number of benzene rings is 1. The molecular weight excluding hydrogens is 338 g/mol. The van der Waals surface area contributed by atoms with Gasteiger partial charge < -0.3 is 15.5 Å². The van der Waals surface area contributed by atoms with Gasteiger partial charge >= 0.3 is 0 Å². The summed E-state index contributed by atoms with van der Waals surface area (Å²) in [6, 6.07) is 12.7. The third-order valence-electron chi connectivity index (χ3n) is 6.26. The fraction of sp³-hybridized carbons (Fsp3) is 0.545. The minimum absolute atomic E-state index is 0.0192. The summed E-state index contributed by atoms with van der Waals surface area (Å²) in [5.41, 5.74) is 1.98. The van der Waals surface area contributed by atoms with Gasteiger partial charge in [0.25, 0.3) is 0 Å². The van der Waals surface area contributed by atoms with Crippen molar-refractivity contribution in [3.63, 3.8) is 0 Å². The Bertz CT molecular complexity index is 733. The van der Waals surface area contributed by atoms with Crippen molar-refractivity contribution in [2.75, 3.05) is 6.61 Å². The Hall–Kier alpha value is -1.82. The number of rotatable bonds is 6. The third-order valence-corrected chi connectivity index (χ3v) is 6.26. The van der Waals surface area contributed by atoms with Gasteiger partial charge in [-0.15, -0.1) is 0 Å². The number of aliphatic hydroxyl groups excluding tert-OH is 2. The van der Waals surface area contributed by atoms with E-state index in [1.807, 2.05) is 42.6 Å². The van der Waals surface area contributed by atoms with Crippen molar-refractivity contribution in [3.8, 4) is 11.4 Å². The predicted octanol–water partition coefficient (Wildman–Crippen LogP) is 2.58. The SMILES string of the molecule is OCC1C(O)CC(NC2CCCC2)C1Cc1ccnc(-c2ccccc2)n1. The maximum absolute atomic E-state index is 10.5. The maximum atomic E-state index is 10.5. The van der Waals surface area contributed by atoms with Crippen molar-refractivity contribution in [3.05, 3.63) is 48.3 Å². The van der Waals surface area contributed by atoms with Crippen molar-refractivity contribution in [1.29, 1.82) is 0 Å². The average molecular weight is 367 g/mol. The summed E-state index contributed by atoms with van der Waals surface area (Å²) in [6.45, 7) is 0.0192. The van der Waals surface area contributed by atoms with Crippen molar-refractivity contribution >= 4 is 0 Å². The lowest BCUT2D eigenvalue weighted by molar-refractivity contribution is 0.0715. The van der Waals surface area contributed by atoms with Crippen LogP contribution in [0.25, 0.3) is 11.4 Å². The standard InChI is InChI=1S/C22H29N3O2/c26-14-19-18(20(13-21(19)27)24-16-8-4-5-9-16)12-17-10-11-23-22(25-17)15-6-2-1-3-7-15/h1-3,6-7,10-11,16,18-21,24,26-27H,4-5,8-9,12-14H2. The smallest absolute Gasteiger partial charge is 0.159 e. The monoisotopic (exact) mass is 367 g/mol. The molecule has 2 aliphatic carbocycles. The fourth-order valence-electron chi connectivity index (χ4n) is 4.81. The molecule has 0 bridgehead atoms. The van der Waals surface area contributed by atoms with Crippen molar-refractivity contribution in [2.45, 2.75) is 56.7 Å². The summed E-state index contributed by atoms with van der Waals surface area (Å²) in [4.78, 5) is 9.18. The minimum Gasteiger partial charge on any atom is -0.396 e. The summed E-state index contributed by atoms with van der Waals surface area (Å²) < 4.78 is 0. The zero-order chi connectivity index (χ0) is 18.6. The molecule has 4 rings (SSSR count). The third kappa shape index (κ3) is 4.21. The van der Waals surface area contributed by atoms with Gasteiger partial charge in [0.2, 0.25) is 0 Å². The summed E-state index contributed by atoms with van der Waals surface area (Å²) in [6.07, 6.45) is 7.82. The van der Waals surface area contributed by atoms with Crippen LogP contribution in [0, 0.1) is 11.8 Å². The lowest BCUT2D eigenvalue weighted by Gasteiger charge is -2.27. The first kappa shape index (κ1) is 18.5. The molecule has 1 heterocycles. The van der Waals surface area contributed by atoms with Crippen LogP contribution in [0.4, 0.5) is 0 Å². The molecule has 27 heavy (non-hydrogen) atoms. The first-order chi connectivity index (χ1) is 13.2. The lowest BCUT2D eigenvalue weighted by Crippen LogP contribution is -2.41. The molecule has 2 aliphatic rings. The number of aromatic nitrogens is 2. The van der Waals surface area contributed by atoms with Crippen LogP contribution in [0.1, 0.15) is 37.8 Å².